The Morgan fingerprint density at radius 1 is 1.15 bits per heavy atom. The number of anilines is 1. The van der Waals surface area contributed by atoms with Crippen molar-refractivity contribution in [3.05, 3.63) is 60.9 Å². The first-order valence-electron chi connectivity index (χ1n) is 7.98. The van der Waals surface area contributed by atoms with Crippen LogP contribution in [0, 0.1) is 0 Å². The predicted octanol–water partition coefficient (Wildman–Crippen LogP) is 2.28. The average molecular weight is 370 g/mol. The number of sulfone groups is 1. The summed E-state index contributed by atoms with van der Waals surface area (Å²) >= 11 is 0. The standard InChI is InChI=1S/C18H18N4O3S/c1-22-17(12-16(21-22)14-6-5-10-19-13-14)20-18(23)9-11-26(24,25)15-7-3-2-4-8-15/h2-8,10,12-13H,9,11H2,1H3,(H,20,23). The van der Waals surface area contributed by atoms with Crippen LogP contribution in [-0.2, 0) is 21.7 Å². The molecule has 1 amide bonds. The van der Waals surface area contributed by atoms with Gasteiger partial charge in [-0.2, -0.15) is 5.10 Å². The molecule has 0 saturated carbocycles. The topological polar surface area (TPSA) is 93.9 Å². The molecule has 3 aromatic rings. The van der Waals surface area contributed by atoms with Crippen LogP contribution in [0.5, 0.6) is 0 Å². The largest absolute Gasteiger partial charge is 0.311 e. The zero-order valence-corrected chi connectivity index (χ0v) is 15.0. The van der Waals surface area contributed by atoms with Gasteiger partial charge < -0.3 is 5.32 Å². The number of nitrogens with one attached hydrogen (secondary N) is 1. The molecule has 0 atom stereocenters. The summed E-state index contributed by atoms with van der Waals surface area (Å²) in [5.41, 5.74) is 1.50. The summed E-state index contributed by atoms with van der Waals surface area (Å²) in [6.07, 6.45) is 3.22. The lowest BCUT2D eigenvalue weighted by Crippen LogP contribution is -2.18. The number of aryl methyl sites for hydroxylation is 1. The first-order valence-corrected chi connectivity index (χ1v) is 9.63. The maximum atomic E-state index is 12.2. The molecule has 134 valence electrons. The molecular weight excluding hydrogens is 352 g/mol. The van der Waals surface area contributed by atoms with E-state index in [2.05, 4.69) is 15.4 Å². The Morgan fingerprint density at radius 3 is 2.62 bits per heavy atom. The average Bonchev–Trinajstić information content (AvgIpc) is 3.02. The second-order valence-corrected chi connectivity index (χ2v) is 7.82. The zero-order chi connectivity index (χ0) is 18.6. The molecule has 3 rings (SSSR count). The van der Waals surface area contributed by atoms with Crippen molar-refractivity contribution < 1.29 is 13.2 Å². The highest BCUT2D eigenvalue weighted by Gasteiger charge is 2.17. The van der Waals surface area contributed by atoms with E-state index in [0.717, 1.165) is 5.56 Å². The molecule has 0 aliphatic heterocycles. The molecule has 0 radical (unpaired) electrons. The van der Waals surface area contributed by atoms with Crippen LogP contribution in [-0.4, -0.2) is 34.8 Å². The van der Waals surface area contributed by atoms with E-state index in [1.807, 2.05) is 6.07 Å². The van der Waals surface area contributed by atoms with Gasteiger partial charge in [-0.05, 0) is 24.3 Å². The number of rotatable bonds is 6. The molecule has 2 heterocycles. The van der Waals surface area contributed by atoms with Crippen molar-refractivity contribution in [1.29, 1.82) is 0 Å². The summed E-state index contributed by atoms with van der Waals surface area (Å²) in [5, 5.41) is 7.04. The molecule has 2 aromatic heterocycles. The van der Waals surface area contributed by atoms with Gasteiger partial charge in [0.05, 0.1) is 16.3 Å². The smallest absolute Gasteiger partial charge is 0.226 e. The van der Waals surface area contributed by atoms with Gasteiger partial charge in [0.2, 0.25) is 5.91 Å². The Hall–Kier alpha value is -3.00. The molecule has 0 unspecified atom stereocenters. The molecule has 0 saturated heterocycles. The highest BCUT2D eigenvalue weighted by atomic mass is 32.2. The van der Waals surface area contributed by atoms with E-state index in [4.69, 9.17) is 0 Å². The summed E-state index contributed by atoms with van der Waals surface area (Å²) in [6.45, 7) is 0. The van der Waals surface area contributed by atoms with Gasteiger partial charge in [0, 0.05) is 37.5 Å². The van der Waals surface area contributed by atoms with Gasteiger partial charge in [-0.15, -0.1) is 0 Å². The Kier molecular flexibility index (Phi) is 5.13. The Bertz CT molecular complexity index is 999. The van der Waals surface area contributed by atoms with Crippen molar-refractivity contribution in [2.45, 2.75) is 11.3 Å². The fourth-order valence-electron chi connectivity index (χ4n) is 2.42. The van der Waals surface area contributed by atoms with Crippen LogP contribution in [0.15, 0.2) is 65.8 Å². The summed E-state index contributed by atoms with van der Waals surface area (Å²) in [6, 6.07) is 13.5. The summed E-state index contributed by atoms with van der Waals surface area (Å²) < 4.78 is 26.0. The van der Waals surface area contributed by atoms with Crippen molar-refractivity contribution >= 4 is 21.6 Å². The minimum atomic E-state index is -3.49. The van der Waals surface area contributed by atoms with E-state index in [-0.39, 0.29) is 23.0 Å². The molecular formula is C18H18N4O3S. The number of aromatic nitrogens is 3. The summed E-state index contributed by atoms with van der Waals surface area (Å²) in [4.78, 5) is 16.4. The molecule has 0 fully saturated rings. The van der Waals surface area contributed by atoms with Crippen LogP contribution < -0.4 is 5.32 Å². The molecule has 0 bridgehead atoms. The van der Waals surface area contributed by atoms with Gasteiger partial charge in [0.25, 0.3) is 0 Å². The number of nitrogens with zero attached hydrogens (tertiary/aromatic N) is 3. The Morgan fingerprint density at radius 2 is 1.92 bits per heavy atom. The number of hydrogen-bond donors (Lipinski definition) is 1. The third-order valence-corrected chi connectivity index (χ3v) is 5.54. The lowest BCUT2D eigenvalue weighted by atomic mass is 10.2. The van der Waals surface area contributed by atoms with Crippen LogP contribution in [0.3, 0.4) is 0 Å². The van der Waals surface area contributed by atoms with Crippen LogP contribution >= 0.6 is 0 Å². The van der Waals surface area contributed by atoms with E-state index in [1.54, 1.807) is 49.8 Å². The van der Waals surface area contributed by atoms with Crippen molar-refractivity contribution in [1.82, 2.24) is 14.8 Å². The summed E-state index contributed by atoms with van der Waals surface area (Å²) in [5.74, 6) is -0.146. The molecule has 0 aliphatic carbocycles. The number of carbonyl (C=O) groups is 1. The highest BCUT2D eigenvalue weighted by molar-refractivity contribution is 7.91. The van der Waals surface area contributed by atoms with Crippen molar-refractivity contribution in [3.8, 4) is 11.3 Å². The number of hydrogen-bond acceptors (Lipinski definition) is 5. The monoisotopic (exact) mass is 370 g/mol. The first-order chi connectivity index (χ1) is 12.5. The first kappa shape index (κ1) is 17.8. The third-order valence-electron chi connectivity index (χ3n) is 3.80. The van der Waals surface area contributed by atoms with Gasteiger partial charge in [0.1, 0.15) is 5.82 Å². The fourth-order valence-corrected chi connectivity index (χ4v) is 3.68. The molecule has 1 aromatic carbocycles. The molecule has 7 nitrogen and oxygen atoms in total. The maximum absolute atomic E-state index is 12.2. The summed E-state index contributed by atoms with van der Waals surface area (Å²) in [7, 11) is -1.78. The Balaban J connectivity index is 1.65. The van der Waals surface area contributed by atoms with Crippen LogP contribution in [0.1, 0.15) is 6.42 Å². The number of carbonyl (C=O) groups excluding carboxylic acids is 1. The van der Waals surface area contributed by atoms with E-state index in [9.17, 15) is 13.2 Å². The quantitative estimate of drug-likeness (QED) is 0.718. The van der Waals surface area contributed by atoms with Gasteiger partial charge in [-0.3, -0.25) is 14.5 Å². The van der Waals surface area contributed by atoms with Gasteiger partial charge in [0.15, 0.2) is 9.84 Å². The number of amides is 1. The second-order valence-electron chi connectivity index (χ2n) is 5.71. The molecule has 0 spiro atoms. The highest BCUT2D eigenvalue weighted by Crippen LogP contribution is 2.20. The molecule has 26 heavy (non-hydrogen) atoms. The third kappa shape index (κ3) is 4.15. The lowest BCUT2D eigenvalue weighted by Gasteiger charge is -2.06. The van der Waals surface area contributed by atoms with Gasteiger partial charge in [-0.25, -0.2) is 8.42 Å². The molecule has 8 heteroatoms. The van der Waals surface area contributed by atoms with Crippen molar-refractivity contribution in [2.24, 2.45) is 7.05 Å². The minimum Gasteiger partial charge on any atom is -0.311 e. The minimum absolute atomic E-state index is 0.134. The van der Waals surface area contributed by atoms with Crippen LogP contribution in [0.25, 0.3) is 11.3 Å². The molecule has 1 N–H and O–H groups in total. The van der Waals surface area contributed by atoms with E-state index >= 15 is 0 Å². The second kappa shape index (κ2) is 7.49. The van der Waals surface area contributed by atoms with Gasteiger partial charge in [-0.1, -0.05) is 18.2 Å². The lowest BCUT2D eigenvalue weighted by molar-refractivity contribution is -0.115. The normalized spacial score (nSPS) is 11.3. The van der Waals surface area contributed by atoms with E-state index < -0.39 is 9.84 Å². The van der Waals surface area contributed by atoms with Crippen LogP contribution in [0.2, 0.25) is 0 Å². The van der Waals surface area contributed by atoms with E-state index in [0.29, 0.717) is 11.5 Å². The molecule has 0 aliphatic rings. The maximum Gasteiger partial charge on any atom is 0.226 e. The number of benzene rings is 1. The van der Waals surface area contributed by atoms with Crippen LogP contribution in [0.4, 0.5) is 5.82 Å². The SMILES string of the molecule is Cn1nc(-c2cccnc2)cc1NC(=O)CCS(=O)(=O)c1ccccc1. The predicted molar refractivity (Wildman–Crippen MR) is 98.2 cm³/mol. The van der Waals surface area contributed by atoms with Crippen molar-refractivity contribution in [2.75, 3.05) is 11.1 Å². The van der Waals surface area contributed by atoms with E-state index in [1.165, 1.54) is 16.8 Å². The number of pyridine rings is 1. The fraction of sp³-hybridized carbons (Fsp3) is 0.167. The van der Waals surface area contributed by atoms with Gasteiger partial charge >= 0.3 is 0 Å². The zero-order valence-electron chi connectivity index (χ0n) is 14.2. The Labute approximate surface area is 151 Å². The van der Waals surface area contributed by atoms with Crippen molar-refractivity contribution in [3.63, 3.8) is 0 Å².